The number of nitrogens with one attached hydrogen (secondary N) is 2. The lowest BCUT2D eigenvalue weighted by atomic mass is 10.1. The number of hydrogen-bond acceptors (Lipinski definition) is 5. The van der Waals surface area contributed by atoms with Gasteiger partial charge in [-0.3, -0.25) is 4.79 Å². The number of hydrogen-bond donors (Lipinski definition) is 2. The molecular weight excluding hydrogens is 292 g/mol. The molecule has 0 spiro atoms. The standard InChI is InChI=1S/C14H24N2O4S/c1-9(14(17)16-11-5-7-21(18,19)8-11)15-12-4-6-20-13(12)10-2-3-10/h9-13,15H,2-8H2,1H3,(H,16,17). The fourth-order valence-electron chi connectivity index (χ4n) is 3.31. The summed E-state index contributed by atoms with van der Waals surface area (Å²) in [4.78, 5) is 12.2. The summed E-state index contributed by atoms with van der Waals surface area (Å²) >= 11 is 0. The minimum absolute atomic E-state index is 0.0721. The molecule has 2 saturated heterocycles. The van der Waals surface area contributed by atoms with Crippen LogP contribution in [-0.2, 0) is 19.4 Å². The fourth-order valence-corrected chi connectivity index (χ4v) is 4.98. The Kier molecular flexibility index (Phi) is 4.25. The molecule has 1 aliphatic carbocycles. The highest BCUT2D eigenvalue weighted by atomic mass is 32.2. The van der Waals surface area contributed by atoms with Gasteiger partial charge in [0.1, 0.15) is 0 Å². The SMILES string of the molecule is CC(NC1CCOC1C1CC1)C(=O)NC1CCS(=O)(=O)C1. The second-order valence-electron chi connectivity index (χ2n) is 6.56. The molecule has 3 aliphatic rings. The smallest absolute Gasteiger partial charge is 0.237 e. The van der Waals surface area contributed by atoms with E-state index in [4.69, 9.17) is 4.74 Å². The average Bonchev–Trinajstić information content (AvgIpc) is 3.06. The molecule has 120 valence electrons. The van der Waals surface area contributed by atoms with Crippen molar-refractivity contribution in [3.05, 3.63) is 0 Å². The Morgan fingerprint density at radius 1 is 1.24 bits per heavy atom. The molecule has 3 rings (SSSR count). The van der Waals surface area contributed by atoms with Crippen molar-refractivity contribution in [3.63, 3.8) is 0 Å². The Hall–Kier alpha value is -0.660. The maximum Gasteiger partial charge on any atom is 0.237 e. The van der Waals surface area contributed by atoms with Crippen LogP contribution in [0.3, 0.4) is 0 Å². The summed E-state index contributed by atoms with van der Waals surface area (Å²) in [6.07, 6.45) is 4.16. The van der Waals surface area contributed by atoms with Gasteiger partial charge in [-0.1, -0.05) is 0 Å². The summed E-state index contributed by atoms with van der Waals surface area (Å²) in [5.41, 5.74) is 0. The molecule has 0 aromatic heterocycles. The van der Waals surface area contributed by atoms with Crippen LogP contribution in [0.1, 0.15) is 32.6 Å². The van der Waals surface area contributed by atoms with Crippen LogP contribution < -0.4 is 10.6 Å². The van der Waals surface area contributed by atoms with Crippen LogP contribution in [0.5, 0.6) is 0 Å². The molecule has 2 N–H and O–H groups in total. The van der Waals surface area contributed by atoms with Gasteiger partial charge in [-0.25, -0.2) is 8.42 Å². The van der Waals surface area contributed by atoms with Crippen molar-refractivity contribution < 1.29 is 17.9 Å². The van der Waals surface area contributed by atoms with E-state index in [0.717, 1.165) is 13.0 Å². The molecule has 4 unspecified atom stereocenters. The molecule has 0 aromatic carbocycles. The van der Waals surface area contributed by atoms with E-state index in [0.29, 0.717) is 12.3 Å². The highest BCUT2D eigenvalue weighted by Gasteiger charge is 2.41. The fraction of sp³-hybridized carbons (Fsp3) is 0.929. The number of sulfone groups is 1. The first kappa shape index (κ1) is 15.2. The first-order valence-electron chi connectivity index (χ1n) is 7.83. The number of carbonyl (C=O) groups excluding carboxylic acids is 1. The van der Waals surface area contributed by atoms with E-state index in [-0.39, 0.29) is 41.6 Å². The van der Waals surface area contributed by atoms with Gasteiger partial charge in [-0.15, -0.1) is 0 Å². The van der Waals surface area contributed by atoms with Crippen molar-refractivity contribution in [1.29, 1.82) is 0 Å². The van der Waals surface area contributed by atoms with E-state index in [1.54, 1.807) is 0 Å². The van der Waals surface area contributed by atoms with Gasteiger partial charge in [-0.2, -0.15) is 0 Å². The van der Waals surface area contributed by atoms with Crippen molar-refractivity contribution in [3.8, 4) is 0 Å². The van der Waals surface area contributed by atoms with Crippen molar-refractivity contribution in [2.45, 2.75) is 56.8 Å². The van der Waals surface area contributed by atoms with Crippen LogP contribution >= 0.6 is 0 Å². The maximum absolute atomic E-state index is 12.2. The van der Waals surface area contributed by atoms with Crippen molar-refractivity contribution in [2.75, 3.05) is 18.1 Å². The van der Waals surface area contributed by atoms with Gasteiger partial charge in [0.05, 0.1) is 23.7 Å². The molecular formula is C14H24N2O4S. The summed E-state index contributed by atoms with van der Waals surface area (Å²) in [6.45, 7) is 2.59. The Balaban J connectivity index is 1.48. The van der Waals surface area contributed by atoms with Crippen LogP contribution in [0, 0.1) is 5.92 Å². The lowest BCUT2D eigenvalue weighted by Gasteiger charge is -2.24. The topological polar surface area (TPSA) is 84.5 Å². The molecule has 0 aromatic rings. The van der Waals surface area contributed by atoms with Gasteiger partial charge in [0.15, 0.2) is 9.84 Å². The minimum atomic E-state index is -2.96. The Bertz CT molecular complexity index is 503. The molecule has 1 amide bonds. The third-order valence-electron chi connectivity index (χ3n) is 4.66. The predicted molar refractivity (Wildman–Crippen MR) is 78.7 cm³/mol. The van der Waals surface area contributed by atoms with Crippen LogP contribution in [-0.4, -0.2) is 56.7 Å². The summed E-state index contributed by atoms with van der Waals surface area (Å²) in [7, 11) is -2.96. The first-order valence-corrected chi connectivity index (χ1v) is 9.65. The third kappa shape index (κ3) is 3.76. The predicted octanol–water partition coefficient (Wildman–Crippen LogP) is -0.165. The zero-order valence-electron chi connectivity index (χ0n) is 12.4. The second kappa shape index (κ2) is 5.85. The summed E-state index contributed by atoms with van der Waals surface area (Å²) in [5.74, 6) is 0.793. The van der Waals surface area contributed by atoms with Crippen LogP contribution in [0.25, 0.3) is 0 Å². The summed E-state index contributed by atoms with van der Waals surface area (Å²) < 4.78 is 28.6. The van der Waals surface area contributed by atoms with Gasteiger partial charge in [-0.05, 0) is 38.5 Å². The van der Waals surface area contributed by atoms with E-state index in [9.17, 15) is 13.2 Å². The molecule has 0 bridgehead atoms. The first-order chi connectivity index (χ1) is 9.94. The Morgan fingerprint density at radius 2 is 2.00 bits per heavy atom. The van der Waals surface area contributed by atoms with Gasteiger partial charge >= 0.3 is 0 Å². The summed E-state index contributed by atoms with van der Waals surface area (Å²) in [5, 5.41) is 6.20. The molecule has 4 atom stereocenters. The van der Waals surface area contributed by atoms with E-state index in [1.165, 1.54) is 12.8 Å². The quantitative estimate of drug-likeness (QED) is 0.736. The lowest BCUT2D eigenvalue weighted by molar-refractivity contribution is -0.123. The molecule has 2 aliphatic heterocycles. The molecule has 7 heteroatoms. The van der Waals surface area contributed by atoms with E-state index in [2.05, 4.69) is 10.6 Å². The number of rotatable bonds is 5. The second-order valence-corrected chi connectivity index (χ2v) is 8.79. The van der Waals surface area contributed by atoms with E-state index < -0.39 is 9.84 Å². The monoisotopic (exact) mass is 316 g/mol. The third-order valence-corrected chi connectivity index (χ3v) is 6.43. The number of carbonyl (C=O) groups is 1. The molecule has 6 nitrogen and oxygen atoms in total. The molecule has 21 heavy (non-hydrogen) atoms. The molecule has 2 heterocycles. The zero-order chi connectivity index (χ0) is 15.0. The van der Waals surface area contributed by atoms with Crippen LogP contribution in [0.4, 0.5) is 0 Å². The minimum Gasteiger partial charge on any atom is -0.376 e. The van der Waals surface area contributed by atoms with Crippen LogP contribution in [0.15, 0.2) is 0 Å². The van der Waals surface area contributed by atoms with Crippen molar-refractivity contribution >= 4 is 15.7 Å². The largest absolute Gasteiger partial charge is 0.376 e. The van der Waals surface area contributed by atoms with E-state index >= 15 is 0 Å². The van der Waals surface area contributed by atoms with Gasteiger partial charge < -0.3 is 15.4 Å². The zero-order valence-corrected chi connectivity index (χ0v) is 13.2. The van der Waals surface area contributed by atoms with E-state index in [1.807, 2.05) is 6.92 Å². The Morgan fingerprint density at radius 3 is 2.62 bits per heavy atom. The molecule has 0 radical (unpaired) electrons. The highest BCUT2D eigenvalue weighted by Crippen LogP contribution is 2.38. The molecule has 3 fully saturated rings. The van der Waals surface area contributed by atoms with Gasteiger partial charge in [0.25, 0.3) is 0 Å². The molecule has 1 saturated carbocycles. The Labute approximate surface area is 125 Å². The van der Waals surface area contributed by atoms with Crippen LogP contribution in [0.2, 0.25) is 0 Å². The normalized spacial score (nSPS) is 36.5. The van der Waals surface area contributed by atoms with Gasteiger partial charge in [0, 0.05) is 18.7 Å². The number of ether oxygens (including phenoxy) is 1. The van der Waals surface area contributed by atoms with Crippen molar-refractivity contribution in [1.82, 2.24) is 10.6 Å². The highest BCUT2D eigenvalue weighted by molar-refractivity contribution is 7.91. The van der Waals surface area contributed by atoms with Crippen molar-refractivity contribution in [2.24, 2.45) is 5.92 Å². The lowest BCUT2D eigenvalue weighted by Crippen LogP contribution is -2.51. The number of amides is 1. The van der Waals surface area contributed by atoms with Gasteiger partial charge in [0.2, 0.25) is 5.91 Å². The summed E-state index contributed by atoms with van der Waals surface area (Å²) in [6, 6.07) is -0.308. The maximum atomic E-state index is 12.2. The average molecular weight is 316 g/mol.